The third kappa shape index (κ3) is 3.96. The van der Waals surface area contributed by atoms with Gasteiger partial charge in [-0.3, -0.25) is 0 Å². The second-order valence-electron chi connectivity index (χ2n) is 5.97. The van der Waals surface area contributed by atoms with Crippen molar-refractivity contribution in [3.05, 3.63) is 65.2 Å². The predicted octanol–water partition coefficient (Wildman–Crippen LogP) is 4.38. The largest absolute Gasteiger partial charge is 0.493 e. The SMILES string of the molecule is COc1cccc(-c2c(C#N)c(N)nc(SCc3ccccc3)c2C#N)c1OC. The Morgan fingerprint density at radius 2 is 1.69 bits per heavy atom. The van der Waals surface area contributed by atoms with Crippen LogP contribution in [0.3, 0.4) is 0 Å². The van der Waals surface area contributed by atoms with E-state index in [-0.39, 0.29) is 16.9 Å². The average Bonchev–Trinajstić information content (AvgIpc) is 2.77. The lowest BCUT2D eigenvalue weighted by molar-refractivity contribution is 0.356. The van der Waals surface area contributed by atoms with E-state index >= 15 is 0 Å². The minimum Gasteiger partial charge on any atom is -0.493 e. The molecule has 0 aliphatic heterocycles. The quantitative estimate of drug-likeness (QED) is 0.610. The van der Waals surface area contributed by atoms with E-state index in [9.17, 15) is 10.5 Å². The molecule has 0 atom stereocenters. The number of anilines is 1. The molecule has 0 fully saturated rings. The number of rotatable bonds is 6. The molecule has 1 heterocycles. The number of pyridine rings is 1. The molecule has 0 radical (unpaired) electrons. The summed E-state index contributed by atoms with van der Waals surface area (Å²) in [5.41, 5.74) is 8.55. The number of benzene rings is 2. The molecule has 0 unspecified atom stereocenters. The van der Waals surface area contributed by atoms with Crippen molar-refractivity contribution in [3.63, 3.8) is 0 Å². The zero-order valence-electron chi connectivity index (χ0n) is 16.0. The van der Waals surface area contributed by atoms with Crippen molar-refractivity contribution in [2.24, 2.45) is 0 Å². The van der Waals surface area contributed by atoms with Crippen LogP contribution in [0.4, 0.5) is 5.82 Å². The molecule has 2 aromatic carbocycles. The Bertz CT molecular complexity index is 1120. The van der Waals surface area contributed by atoms with Crippen LogP contribution in [0.2, 0.25) is 0 Å². The number of aromatic nitrogens is 1. The van der Waals surface area contributed by atoms with Gasteiger partial charge in [0, 0.05) is 16.9 Å². The number of hydrogen-bond donors (Lipinski definition) is 1. The van der Waals surface area contributed by atoms with Gasteiger partial charge in [-0.1, -0.05) is 42.5 Å². The number of nitriles is 2. The van der Waals surface area contributed by atoms with Gasteiger partial charge in [0.2, 0.25) is 0 Å². The summed E-state index contributed by atoms with van der Waals surface area (Å²) in [5, 5.41) is 20.1. The highest BCUT2D eigenvalue weighted by Crippen LogP contribution is 2.43. The molecule has 0 bridgehead atoms. The minimum absolute atomic E-state index is 0.0712. The second-order valence-corrected chi connectivity index (χ2v) is 6.93. The standard InChI is InChI=1S/C22H18N4O2S/c1-27-18-10-6-9-15(20(18)28-2)19-16(11-23)21(25)26-22(17(19)12-24)29-13-14-7-4-3-5-8-14/h3-10H,13H2,1-2H3,(H2,25,26). The Hall–Kier alpha value is -3.68. The van der Waals surface area contributed by atoms with E-state index in [1.807, 2.05) is 30.3 Å². The molecule has 0 aliphatic carbocycles. The normalized spacial score (nSPS) is 10.1. The molecule has 7 heteroatoms. The molecule has 0 amide bonds. The van der Waals surface area contributed by atoms with Crippen molar-refractivity contribution in [2.75, 3.05) is 20.0 Å². The van der Waals surface area contributed by atoms with Crippen LogP contribution in [-0.4, -0.2) is 19.2 Å². The molecule has 6 nitrogen and oxygen atoms in total. The zero-order valence-corrected chi connectivity index (χ0v) is 16.8. The summed E-state index contributed by atoms with van der Waals surface area (Å²) in [7, 11) is 3.04. The molecule has 29 heavy (non-hydrogen) atoms. The van der Waals surface area contributed by atoms with E-state index in [0.717, 1.165) is 5.56 Å². The maximum atomic E-state index is 9.93. The number of nitrogen functional groups attached to an aromatic ring is 1. The van der Waals surface area contributed by atoms with Crippen LogP contribution in [0.1, 0.15) is 16.7 Å². The van der Waals surface area contributed by atoms with Crippen LogP contribution in [0.15, 0.2) is 53.6 Å². The highest BCUT2D eigenvalue weighted by atomic mass is 32.2. The van der Waals surface area contributed by atoms with Gasteiger partial charge in [0.05, 0.1) is 19.8 Å². The Kier molecular flexibility index (Phi) is 6.23. The van der Waals surface area contributed by atoms with Crippen molar-refractivity contribution >= 4 is 17.6 Å². The summed E-state index contributed by atoms with van der Waals surface area (Å²) in [4.78, 5) is 4.34. The Balaban J connectivity index is 2.20. The Labute approximate surface area is 173 Å². The molecule has 144 valence electrons. The maximum Gasteiger partial charge on any atom is 0.168 e. The highest BCUT2D eigenvalue weighted by Gasteiger charge is 2.24. The molecular weight excluding hydrogens is 384 g/mol. The molecule has 0 saturated carbocycles. The van der Waals surface area contributed by atoms with Gasteiger partial charge in [-0.05, 0) is 11.6 Å². The van der Waals surface area contributed by atoms with Crippen molar-refractivity contribution in [3.8, 4) is 34.8 Å². The first-order chi connectivity index (χ1) is 14.1. The number of hydrogen-bond acceptors (Lipinski definition) is 7. The lowest BCUT2D eigenvalue weighted by Gasteiger charge is -2.17. The third-order valence-corrected chi connectivity index (χ3v) is 5.35. The summed E-state index contributed by atoms with van der Waals surface area (Å²) in [6, 6.07) is 19.4. The molecule has 0 spiro atoms. The zero-order chi connectivity index (χ0) is 20.8. The Morgan fingerprint density at radius 1 is 0.966 bits per heavy atom. The maximum absolute atomic E-state index is 9.93. The molecule has 1 aromatic heterocycles. The number of thioether (sulfide) groups is 1. The summed E-state index contributed by atoms with van der Waals surface area (Å²) in [5.74, 6) is 1.60. The summed E-state index contributed by atoms with van der Waals surface area (Å²) in [6.45, 7) is 0. The average molecular weight is 402 g/mol. The van der Waals surface area contributed by atoms with Gasteiger partial charge < -0.3 is 15.2 Å². The highest BCUT2D eigenvalue weighted by molar-refractivity contribution is 7.98. The van der Waals surface area contributed by atoms with Crippen LogP contribution in [-0.2, 0) is 5.75 Å². The topological polar surface area (TPSA) is 105 Å². The number of para-hydroxylation sites is 1. The fourth-order valence-electron chi connectivity index (χ4n) is 2.98. The smallest absolute Gasteiger partial charge is 0.168 e. The summed E-state index contributed by atoms with van der Waals surface area (Å²) >= 11 is 1.40. The lowest BCUT2D eigenvalue weighted by Crippen LogP contribution is -2.04. The first-order valence-electron chi connectivity index (χ1n) is 8.66. The van der Waals surface area contributed by atoms with Crippen LogP contribution >= 0.6 is 11.8 Å². The van der Waals surface area contributed by atoms with Gasteiger partial charge in [-0.25, -0.2) is 4.98 Å². The predicted molar refractivity (Wildman–Crippen MR) is 113 cm³/mol. The molecular formula is C22H18N4O2S. The fourth-order valence-corrected chi connectivity index (χ4v) is 3.93. The van der Waals surface area contributed by atoms with E-state index < -0.39 is 0 Å². The fraction of sp³-hybridized carbons (Fsp3) is 0.136. The lowest BCUT2D eigenvalue weighted by atomic mass is 9.95. The van der Waals surface area contributed by atoms with Crippen molar-refractivity contribution in [1.29, 1.82) is 10.5 Å². The van der Waals surface area contributed by atoms with E-state index in [2.05, 4.69) is 17.1 Å². The summed E-state index contributed by atoms with van der Waals surface area (Å²) in [6.07, 6.45) is 0. The number of nitrogens with two attached hydrogens (primary N) is 1. The molecule has 0 aliphatic rings. The van der Waals surface area contributed by atoms with Crippen molar-refractivity contribution in [2.45, 2.75) is 10.8 Å². The van der Waals surface area contributed by atoms with Gasteiger partial charge in [0.15, 0.2) is 11.5 Å². The number of methoxy groups -OCH3 is 2. The molecule has 3 rings (SSSR count). The van der Waals surface area contributed by atoms with Gasteiger partial charge in [-0.15, -0.1) is 11.8 Å². The summed E-state index contributed by atoms with van der Waals surface area (Å²) < 4.78 is 10.9. The first kappa shape index (κ1) is 20.1. The van der Waals surface area contributed by atoms with Crippen molar-refractivity contribution < 1.29 is 9.47 Å². The van der Waals surface area contributed by atoms with Crippen LogP contribution < -0.4 is 15.2 Å². The van der Waals surface area contributed by atoms with E-state index in [4.69, 9.17) is 15.2 Å². The van der Waals surface area contributed by atoms with Gasteiger partial charge in [0.1, 0.15) is 28.5 Å². The van der Waals surface area contributed by atoms with Crippen LogP contribution in [0, 0.1) is 22.7 Å². The van der Waals surface area contributed by atoms with E-state index in [1.54, 1.807) is 18.2 Å². The first-order valence-corrected chi connectivity index (χ1v) is 9.64. The second kappa shape index (κ2) is 9.01. The Morgan fingerprint density at radius 3 is 2.31 bits per heavy atom. The monoisotopic (exact) mass is 402 g/mol. The van der Waals surface area contributed by atoms with Gasteiger partial charge in [-0.2, -0.15) is 10.5 Å². The molecule has 3 aromatic rings. The van der Waals surface area contributed by atoms with Gasteiger partial charge in [0.25, 0.3) is 0 Å². The number of nitrogens with zero attached hydrogens (tertiary/aromatic N) is 3. The minimum atomic E-state index is 0.0712. The van der Waals surface area contributed by atoms with Crippen LogP contribution in [0.5, 0.6) is 11.5 Å². The van der Waals surface area contributed by atoms with Crippen LogP contribution in [0.25, 0.3) is 11.1 Å². The number of ether oxygens (including phenoxy) is 2. The van der Waals surface area contributed by atoms with Gasteiger partial charge >= 0.3 is 0 Å². The third-order valence-electron chi connectivity index (χ3n) is 4.31. The van der Waals surface area contributed by atoms with E-state index in [0.29, 0.717) is 33.4 Å². The van der Waals surface area contributed by atoms with E-state index in [1.165, 1.54) is 26.0 Å². The van der Waals surface area contributed by atoms with Crippen molar-refractivity contribution in [1.82, 2.24) is 4.98 Å². The molecule has 0 saturated heterocycles. The molecule has 2 N–H and O–H groups in total.